The highest BCUT2D eigenvalue weighted by atomic mass is 16.1. The fraction of sp³-hybridized carbons (Fsp3) is 0.588. The van der Waals surface area contributed by atoms with E-state index in [-0.39, 0.29) is 17.4 Å². The van der Waals surface area contributed by atoms with E-state index in [2.05, 4.69) is 45.4 Å². The van der Waals surface area contributed by atoms with Gasteiger partial charge in [0.05, 0.1) is 0 Å². The summed E-state index contributed by atoms with van der Waals surface area (Å²) in [4.78, 5) is 17.0. The zero-order valence-electron chi connectivity index (χ0n) is 12.6. The summed E-state index contributed by atoms with van der Waals surface area (Å²) < 4.78 is 0. The molecule has 1 aromatic rings. The van der Waals surface area contributed by atoms with E-state index in [0.29, 0.717) is 5.92 Å². The zero-order valence-corrected chi connectivity index (χ0v) is 12.6. The molecule has 4 fully saturated rings. The molecule has 0 aliphatic carbocycles. The van der Waals surface area contributed by atoms with E-state index in [0.717, 1.165) is 39.3 Å². The molecular formula is C17H23N3O. The molecule has 3 atom stereocenters. The third kappa shape index (κ3) is 2.09. The first kappa shape index (κ1) is 13.3. The molecule has 4 aliphatic rings. The zero-order chi connectivity index (χ0) is 14.4. The second-order valence-corrected chi connectivity index (χ2v) is 6.93. The van der Waals surface area contributed by atoms with Gasteiger partial charge in [-0.3, -0.25) is 4.79 Å². The molecule has 1 aromatic carbocycles. The van der Waals surface area contributed by atoms with Gasteiger partial charge in [-0.2, -0.15) is 0 Å². The van der Waals surface area contributed by atoms with Crippen molar-refractivity contribution in [2.24, 2.45) is 5.92 Å². The van der Waals surface area contributed by atoms with E-state index in [4.69, 9.17) is 0 Å². The number of benzene rings is 1. The topological polar surface area (TPSA) is 35.6 Å². The molecule has 4 heteroatoms. The van der Waals surface area contributed by atoms with Crippen molar-refractivity contribution < 1.29 is 4.79 Å². The maximum absolute atomic E-state index is 11.8. The van der Waals surface area contributed by atoms with Crippen LogP contribution in [-0.2, 0) is 10.2 Å². The fourth-order valence-corrected chi connectivity index (χ4v) is 4.79. The van der Waals surface area contributed by atoms with E-state index in [1.165, 1.54) is 5.56 Å². The lowest BCUT2D eigenvalue weighted by molar-refractivity contribution is -0.122. The van der Waals surface area contributed by atoms with Gasteiger partial charge in [0, 0.05) is 63.6 Å². The Balaban J connectivity index is 1.81. The van der Waals surface area contributed by atoms with Crippen molar-refractivity contribution in [2.75, 3.05) is 39.3 Å². The smallest absolute Gasteiger partial charge is 0.217 e. The number of amides is 1. The van der Waals surface area contributed by atoms with Gasteiger partial charge in [0.1, 0.15) is 0 Å². The highest BCUT2D eigenvalue weighted by molar-refractivity contribution is 5.73. The van der Waals surface area contributed by atoms with Gasteiger partial charge in [-0.15, -0.1) is 0 Å². The van der Waals surface area contributed by atoms with Crippen LogP contribution in [0.3, 0.4) is 0 Å². The number of rotatable bonds is 2. The second-order valence-electron chi connectivity index (χ2n) is 6.93. The lowest BCUT2D eigenvalue weighted by Crippen LogP contribution is -2.70. The maximum Gasteiger partial charge on any atom is 0.217 e. The summed E-state index contributed by atoms with van der Waals surface area (Å²) in [6.45, 7) is 8.35. The third-order valence-electron chi connectivity index (χ3n) is 5.50. The molecule has 0 saturated carbocycles. The van der Waals surface area contributed by atoms with Gasteiger partial charge >= 0.3 is 0 Å². The molecule has 4 bridgehead atoms. The fourth-order valence-electron chi connectivity index (χ4n) is 4.79. The molecule has 0 radical (unpaired) electrons. The van der Waals surface area contributed by atoms with Crippen molar-refractivity contribution >= 4 is 5.91 Å². The summed E-state index contributed by atoms with van der Waals surface area (Å²) in [5.74, 6) is 0.644. The molecular weight excluding hydrogens is 262 g/mol. The maximum atomic E-state index is 11.8. The van der Waals surface area contributed by atoms with Crippen LogP contribution in [0.2, 0.25) is 0 Å². The van der Waals surface area contributed by atoms with E-state index < -0.39 is 0 Å². The number of carbonyl (C=O) groups is 1. The van der Waals surface area contributed by atoms with Crippen molar-refractivity contribution in [2.45, 2.75) is 18.4 Å². The van der Waals surface area contributed by atoms with Crippen LogP contribution in [0, 0.1) is 5.92 Å². The van der Waals surface area contributed by atoms with Crippen molar-refractivity contribution in [3.63, 3.8) is 0 Å². The lowest BCUT2D eigenvalue weighted by Gasteiger charge is -2.55. The first-order valence-corrected chi connectivity index (χ1v) is 7.95. The summed E-state index contributed by atoms with van der Waals surface area (Å²) in [6, 6.07) is 11.1. The van der Waals surface area contributed by atoms with Gasteiger partial charge in [0.2, 0.25) is 5.91 Å². The van der Waals surface area contributed by atoms with Crippen molar-refractivity contribution in [3.8, 4) is 0 Å². The number of hydrogen-bond acceptors (Lipinski definition) is 3. The van der Waals surface area contributed by atoms with Crippen molar-refractivity contribution in [1.82, 2.24) is 15.1 Å². The van der Waals surface area contributed by atoms with E-state index >= 15 is 0 Å². The highest BCUT2D eigenvalue weighted by Gasteiger charge is 2.55. The molecule has 1 N–H and O–H groups in total. The summed E-state index contributed by atoms with van der Waals surface area (Å²) in [5, 5.41) is 3.30. The number of fused-ring (bicyclic) bond motifs is 1. The monoisotopic (exact) mass is 285 g/mol. The highest BCUT2D eigenvalue weighted by Crippen LogP contribution is 2.43. The van der Waals surface area contributed by atoms with Crippen LogP contribution in [0.15, 0.2) is 30.3 Å². The minimum Gasteiger partial charge on any atom is -0.352 e. The first-order chi connectivity index (χ1) is 10.2. The van der Waals surface area contributed by atoms with E-state index in [1.54, 1.807) is 6.92 Å². The number of piperidine rings is 2. The number of carbonyl (C=O) groups excluding carboxylic acids is 1. The van der Waals surface area contributed by atoms with E-state index in [9.17, 15) is 4.79 Å². The van der Waals surface area contributed by atoms with Crippen LogP contribution in [0.25, 0.3) is 0 Å². The van der Waals surface area contributed by atoms with Crippen LogP contribution < -0.4 is 5.32 Å². The quantitative estimate of drug-likeness (QED) is 0.868. The first-order valence-electron chi connectivity index (χ1n) is 7.95. The standard InChI is InChI=1S/C17H23N3O/c1-13(21)18-16-14-9-19-7-8-20(10-14)12-17(16,11-19)15-5-3-2-4-6-15/h2-6,14,16H,7-12H2,1H3,(H,18,21). The van der Waals surface area contributed by atoms with E-state index in [1.807, 2.05) is 0 Å². The Labute approximate surface area is 126 Å². The largest absolute Gasteiger partial charge is 0.352 e. The molecule has 112 valence electrons. The van der Waals surface area contributed by atoms with Crippen LogP contribution in [-0.4, -0.2) is 61.0 Å². The van der Waals surface area contributed by atoms with Crippen LogP contribution in [0.4, 0.5) is 0 Å². The Kier molecular flexibility index (Phi) is 3.05. The molecule has 4 nitrogen and oxygen atoms in total. The Morgan fingerprint density at radius 3 is 2.33 bits per heavy atom. The minimum atomic E-state index is 0.0462. The van der Waals surface area contributed by atoms with Crippen molar-refractivity contribution in [3.05, 3.63) is 35.9 Å². The average Bonchev–Trinajstić information content (AvgIpc) is 2.72. The summed E-state index contributed by atoms with van der Waals surface area (Å²) in [5.41, 5.74) is 1.43. The van der Waals surface area contributed by atoms with Gasteiger partial charge in [-0.1, -0.05) is 30.3 Å². The molecule has 4 saturated heterocycles. The van der Waals surface area contributed by atoms with Crippen molar-refractivity contribution in [1.29, 1.82) is 0 Å². The van der Waals surface area contributed by atoms with Gasteiger partial charge in [-0.05, 0) is 5.56 Å². The van der Waals surface area contributed by atoms with Crippen LogP contribution >= 0.6 is 0 Å². The number of hydrogen-bond donors (Lipinski definition) is 1. The molecule has 0 aromatic heterocycles. The molecule has 5 rings (SSSR count). The summed E-state index contributed by atoms with van der Waals surface area (Å²) in [7, 11) is 0. The average molecular weight is 285 g/mol. The molecule has 0 spiro atoms. The molecule has 4 heterocycles. The Bertz CT molecular complexity index is 528. The second kappa shape index (κ2) is 4.82. The number of nitrogens with one attached hydrogen (secondary N) is 1. The van der Waals surface area contributed by atoms with Gasteiger partial charge in [-0.25, -0.2) is 0 Å². The predicted molar refractivity (Wildman–Crippen MR) is 82.1 cm³/mol. The third-order valence-corrected chi connectivity index (χ3v) is 5.50. The van der Waals surface area contributed by atoms with Gasteiger partial charge < -0.3 is 15.1 Å². The molecule has 3 unspecified atom stereocenters. The lowest BCUT2D eigenvalue weighted by atomic mass is 9.64. The molecule has 21 heavy (non-hydrogen) atoms. The molecule has 1 amide bonds. The molecule has 4 aliphatic heterocycles. The number of nitrogens with zero attached hydrogens (tertiary/aromatic N) is 2. The van der Waals surface area contributed by atoms with Gasteiger partial charge in [0.25, 0.3) is 0 Å². The Hall–Kier alpha value is -1.39. The van der Waals surface area contributed by atoms with Crippen LogP contribution in [0.5, 0.6) is 0 Å². The SMILES string of the molecule is CC(=O)NC1C2CN3CCN(C2)CC1(c1ccccc1)C3. The Morgan fingerprint density at radius 1 is 1.14 bits per heavy atom. The summed E-state index contributed by atoms with van der Waals surface area (Å²) >= 11 is 0. The summed E-state index contributed by atoms with van der Waals surface area (Å²) in [6.07, 6.45) is 0. The normalized spacial score (nSPS) is 40.8. The van der Waals surface area contributed by atoms with Crippen LogP contribution in [0.1, 0.15) is 12.5 Å². The van der Waals surface area contributed by atoms with Gasteiger partial charge in [0.15, 0.2) is 0 Å². The predicted octanol–water partition coefficient (Wildman–Crippen LogP) is 0.690. The Morgan fingerprint density at radius 2 is 1.76 bits per heavy atom. The minimum absolute atomic E-state index is 0.0462.